The molecule has 1 aromatic heterocycles. The van der Waals surface area contributed by atoms with Crippen LogP contribution in [0.25, 0.3) is 0 Å². The summed E-state index contributed by atoms with van der Waals surface area (Å²) in [5.41, 5.74) is 2.00. The van der Waals surface area contributed by atoms with Crippen LogP contribution in [-0.2, 0) is 0 Å². The maximum Gasteiger partial charge on any atom is 0.144 e. The lowest BCUT2D eigenvalue weighted by molar-refractivity contribution is 0.698. The summed E-state index contributed by atoms with van der Waals surface area (Å²) in [5, 5.41) is 3.31. The van der Waals surface area contributed by atoms with Crippen molar-refractivity contribution in [2.24, 2.45) is 5.92 Å². The second-order valence-corrected chi connectivity index (χ2v) is 4.78. The first kappa shape index (κ1) is 12.3. The minimum absolute atomic E-state index is 0.656. The smallest absolute Gasteiger partial charge is 0.144 e. The molecule has 1 atom stereocenters. The summed E-state index contributed by atoms with van der Waals surface area (Å²) in [6.45, 7) is 7.15. The number of hydrogen-bond donors (Lipinski definition) is 1. The van der Waals surface area contributed by atoms with Gasteiger partial charge in [0.05, 0.1) is 17.6 Å². The topological polar surface area (TPSA) is 37.8 Å². The van der Waals surface area contributed by atoms with Gasteiger partial charge in [-0.3, -0.25) is 4.98 Å². The van der Waals surface area contributed by atoms with Crippen LogP contribution < -0.4 is 5.32 Å². The Morgan fingerprint density at radius 2 is 2.13 bits per heavy atom. The number of aryl methyl sites for hydroxylation is 2. The fourth-order valence-corrected chi connectivity index (χ4v) is 1.94. The first-order valence-electron chi connectivity index (χ1n) is 5.16. The molecule has 0 saturated carbocycles. The largest absolute Gasteiger partial charge is 0.368 e. The van der Waals surface area contributed by atoms with E-state index in [2.05, 4.69) is 28.5 Å². The summed E-state index contributed by atoms with van der Waals surface area (Å²) in [6, 6.07) is 0. The van der Waals surface area contributed by atoms with E-state index in [1.807, 2.05) is 25.6 Å². The Kier molecular flexibility index (Phi) is 4.88. The van der Waals surface area contributed by atoms with Crippen molar-refractivity contribution in [2.45, 2.75) is 20.8 Å². The molecular weight excluding hydrogens is 206 g/mol. The SMILES string of the molecule is CSCC(C)CNc1cnc(C)c(C)n1. The zero-order valence-electron chi connectivity index (χ0n) is 9.87. The maximum atomic E-state index is 4.42. The van der Waals surface area contributed by atoms with Crippen molar-refractivity contribution < 1.29 is 0 Å². The van der Waals surface area contributed by atoms with Crippen LogP contribution in [0.15, 0.2) is 6.20 Å². The van der Waals surface area contributed by atoms with Gasteiger partial charge in [-0.05, 0) is 31.8 Å². The Morgan fingerprint density at radius 3 is 2.73 bits per heavy atom. The molecule has 0 saturated heterocycles. The van der Waals surface area contributed by atoms with Gasteiger partial charge in [0.25, 0.3) is 0 Å². The summed E-state index contributed by atoms with van der Waals surface area (Å²) < 4.78 is 0. The second-order valence-electron chi connectivity index (χ2n) is 3.87. The predicted molar refractivity (Wildman–Crippen MR) is 67.5 cm³/mol. The second kappa shape index (κ2) is 5.95. The van der Waals surface area contributed by atoms with Crippen LogP contribution in [0.2, 0.25) is 0 Å². The number of aromatic nitrogens is 2. The molecule has 0 aromatic carbocycles. The third kappa shape index (κ3) is 4.08. The Bertz CT molecular complexity index is 315. The van der Waals surface area contributed by atoms with Crippen molar-refractivity contribution in [1.29, 1.82) is 0 Å². The van der Waals surface area contributed by atoms with E-state index >= 15 is 0 Å². The van der Waals surface area contributed by atoms with Crippen LogP contribution in [0.3, 0.4) is 0 Å². The van der Waals surface area contributed by atoms with Gasteiger partial charge in [0.15, 0.2) is 0 Å². The van der Waals surface area contributed by atoms with Crippen LogP contribution in [0.4, 0.5) is 5.82 Å². The summed E-state index contributed by atoms with van der Waals surface area (Å²) in [6.07, 6.45) is 3.93. The van der Waals surface area contributed by atoms with Crippen molar-refractivity contribution in [1.82, 2.24) is 9.97 Å². The van der Waals surface area contributed by atoms with E-state index in [1.165, 1.54) is 5.75 Å². The molecule has 1 N–H and O–H groups in total. The molecule has 1 unspecified atom stereocenters. The highest BCUT2D eigenvalue weighted by Gasteiger charge is 2.02. The van der Waals surface area contributed by atoms with Crippen molar-refractivity contribution in [3.05, 3.63) is 17.6 Å². The van der Waals surface area contributed by atoms with E-state index < -0.39 is 0 Å². The molecule has 15 heavy (non-hydrogen) atoms. The molecule has 1 aromatic rings. The molecule has 4 heteroatoms. The standard InChI is InChI=1S/C11H19N3S/c1-8(7-15-4)5-13-11-6-12-9(2)10(3)14-11/h6,8H,5,7H2,1-4H3,(H,13,14). The zero-order valence-corrected chi connectivity index (χ0v) is 10.7. The summed E-state index contributed by atoms with van der Waals surface area (Å²) in [5.74, 6) is 2.71. The first-order chi connectivity index (χ1) is 7.13. The molecule has 0 aliphatic heterocycles. The van der Waals surface area contributed by atoms with Gasteiger partial charge < -0.3 is 5.32 Å². The van der Waals surface area contributed by atoms with Gasteiger partial charge in [0.1, 0.15) is 5.82 Å². The highest BCUT2D eigenvalue weighted by molar-refractivity contribution is 7.98. The lowest BCUT2D eigenvalue weighted by Crippen LogP contribution is -2.14. The molecule has 0 bridgehead atoms. The molecule has 0 radical (unpaired) electrons. The predicted octanol–water partition coefficient (Wildman–Crippen LogP) is 2.50. The van der Waals surface area contributed by atoms with Gasteiger partial charge in [-0.25, -0.2) is 4.98 Å². The first-order valence-corrected chi connectivity index (χ1v) is 6.56. The molecule has 1 rings (SSSR count). The highest BCUT2D eigenvalue weighted by Crippen LogP contribution is 2.08. The lowest BCUT2D eigenvalue weighted by atomic mass is 10.2. The Morgan fingerprint density at radius 1 is 1.40 bits per heavy atom. The third-order valence-electron chi connectivity index (χ3n) is 2.28. The van der Waals surface area contributed by atoms with E-state index in [1.54, 1.807) is 6.20 Å². The average molecular weight is 225 g/mol. The maximum absolute atomic E-state index is 4.42. The van der Waals surface area contributed by atoms with Gasteiger partial charge >= 0.3 is 0 Å². The van der Waals surface area contributed by atoms with Crippen molar-refractivity contribution in [3.63, 3.8) is 0 Å². The molecule has 1 heterocycles. The van der Waals surface area contributed by atoms with Crippen molar-refractivity contribution in [3.8, 4) is 0 Å². The van der Waals surface area contributed by atoms with Crippen LogP contribution in [0.1, 0.15) is 18.3 Å². The quantitative estimate of drug-likeness (QED) is 0.835. The molecule has 84 valence electrons. The number of hydrogen-bond acceptors (Lipinski definition) is 4. The summed E-state index contributed by atoms with van der Waals surface area (Å²) >= 11 is 1.87. The summed E-state index contributed by atoms with van der Waals surface area (Å²) in [4.78, 5) is 8.70. The molecule has 0 aliphatic rings. The number of anilines is 1. The number of thioether (sulfide) groups is 1. The van der Waals surface area contributed by atoms with Gasteiger partial charge in [0, 0.05) is 6.54 Å². The van der Waals surface area contributed by atoms with Gasteiger partial charge in [-0.1, -0.05) is 6.92 Å². The Balaban J connectivity index is 2.47. The fourth-order valence-electron chi connectivity index (χ4n) is 1.25. The van der Waals surface area contributed by atoms with Crippen molar-refractivity contribution >= 4 is 17.6 Å². The Labute approximate surface area is 96.1 Å². The molecule has 0 fully saturated rings. The minimum atomic E-state index is 0.656. The number of rotatable bonds is 5. The average Bonchev–Trinajstić information content (AvgIpc) is 2.20. The minimum Gasteiger partial charge on any atom is -0.368 e. The van der Waals surface area contributed by atoms with Gasteiger partial charge in [0.2, 0.25) is 0 Å². The van der Waals surface area contributed by atoms with E-state index in [0.717, 1.165) is 23.8 Å². The van der Waals surface area contributed by atoms with Crippen LogP contribution in [-0.4, -0.2) is 28.5 Å². The van der Waals surface area contributed by atoms with E-state index in [-0.39, 0.29) is 0 Å². The number of nitrogens with zero attached hydrogens (tertiary/aromatic N) is 2. The van der Waals surface area contributed by atoms with E-state index in [4.69, 9.17) is 0 Å². The molecule has 0 amide bonds. The van der Waals surface area contributed by atoms with Crippen LogP contribution in [0.5, 0.6) is 0 Å². The fraction of sp³-hybridized carbons (Fsp3) is 0.636. The molecule has 3 nitrogen and oxygen atoms in total. The van der Waals surface area contributed by atoms with Crippen LogP contribution >= 0.6 is 11.8 Å². The number of nitrogens with one attached hydrogen (secondary N) is 1. The molecule has 0 spiro atoms. The Hall–Kier alpha value is -0.770. The van der Waals surface area contributed by atoms with Gasteiger partial charge in [-0.2, -0.15) is 11.8 Å². The van der Waals surface area contributed by atoms with E-state index in [9.17, 15) is 0 Å². The molecule has 0 aliphatic carbocycles. The monoisotopic (exact) mass is 225 g/mol. The zero-order chi connectivity index (χ0) is 11.3. The molecular formula is C11H19N3S. The summed E-state index contributed by atoms with van der Waals surface area (Å²) in [7, 11) is 0. The lowest BCUT2D eigenvalue weighted by Gasteiger charge is -2.12. The van der Waals surface area contributed by atoms with Crippen LogP contribution in [0, 0.1) is 19.8 Å². The normalized spacial score (nSPS) is 12.5. The van der Waals surface area contributed by atoms with Crippen molar-refractivity contribution in [2.75, 3.05) is 23.9 Å². The van der Waals surface area contributed by atoms with Gasteiger partial charge in [-0.15, -0.1) is 0 Å². The highest BCUT2D eigenvalue weighted by atomic mass is 32.2. The third-order valence-corrected chi connectivity index (χ3v) is 3.18. The van der Waals surface area contributed by atoms with E-state index in [0.29, 0.717) is 5.92 Å².